The minimum absolute atomic E-state index is 0.0437. The van der Waals surface area contributed by atoms with E-state index in [4.69, 9.17) is 18.8 Å². The summed E-state index contributed by atoms with van der Waals surface area (Å²) in [6.45, 7) is 8.08. The summed E-state index contributed by atoms with van der Waals surface area (Å²) < 4.78 is 21.2. The van der Waals surface area contributed by atoms with Crippen LogP contribution in [0.15, 0.2) is 47.1 Å². The highest BCUT2D eigenvalue weighted by atomic mass is 16.6. The van der Waals surface area contributed by atoms with E-state index < -0.39 is 6.10 Å². The van der Waals surface area contributed by atoms with Crippen molar-refractivity contribution in [3.05, 3.63) is 48.0 Å². The van der Waals surface area contributed by atoms with Gasteiger partial charge < -0.3 is 19.5 Å². The molecule has 1 heterocycles. The lowest BCUT2D eigenvalue weighted by Crippen LogP contribution is -2.30. The van der Waals surface area contributed by atoms with Crippen molar-refractivity contribution in [1.82, 2.24) is 10.3 Å². The standard InChI is InChI=1S/C23H27N3O5/c1-14(30-17-10-8-16(9-11-17)23(2,3)4)22(27)24-21-20(25-31-26-21)15-7-12-18(28-5)19(13-15)29-6/h7-14H,1-6H3,(H,24,26,27). The molecule has 0 aliphatic heterocycles. The second-order valence-electron chi connectivity index (χ2n) is 8.05. The maximum Gasteiger partial charge on any atom is 0.266 e. The zero-order valence-corrected chi connectivity index (χ0v) is 18.6. The molecule has 1 aromatic heterocycles. The number of anilines is 1. The summed E-state index contributed by atoms with van der Waals surface area (Å²) in [6.07, 6.45) is -0.754. The first-order valence-electron chi connectivity index (χ1n) is 9.86. The third-order valence-electron chi connectivity index (χ3n) is 4.79. The van der Waals surface area contributed by atoms with Crippen molar-refractivity contribution < 1.29 is 23.6 Å². The van der Waals surface area contributed by atoms with Gasteiger partial charge in [-0.15, -0.1) is 0 Å². The maximum atomic E-state index is 12.7. The number of nitrogens with one attached hydrogen (secondary N) is 1. The number of carbonyl (C=O) groups is 1. The summed E-state index contributed by atoms with van der Waals surface area (Å²) in [5.74, 6) is 1.52. The van der Waals surface area contributed by atoms with Gasteiger partial charge in [-0.1, -0.05) is 32.9 Å². The second-order valence-corrected chi connectivity index (χ2v) is 8.05. The molecule has 0 fully saturated rings. The number of hydrogen-bond donors (Lipinski definition) is 1. The number of benzene rings is 2. The van der Waals surface area contributed by atoms with E-state index in [9.17, 15) is 4.79 Å². The maximum absolute atomic E-state index is 12.7. The first-order valence-corrected chi connectivity index (χ1v) is 9.86. The largest absolute Gasteiger partial charge is 0.493 e. The molecule has 1 atom stereocenters. The van der Waals surface area contributed by atoms with Crippen molar-refractivity contribution in [3.63, 3.8) is 0 Å². The molecule has 0 radical (unpaired) electrons. The molecule has 1 amide bonds. The highest BCUT2D eigenvalue weighted by Crippen LogP contribution is 2.34. The van der Waals surface area contributed by atoms with Crippen LogP contribution >= 0.6 is 0 Å². The van der Waals surface area contributed by atoms with Gasteiger partial charge in [-0.3, -0.25) is 4.79 Å². The summed E-state index contributed by atoms with van der Waals surface area (Å²) in [7, 11) is 3.09. The average Bonchev–Trinajstić information content (AvgIpc) is 3.20. The zero-order valence-electron chi connectivity index (χ0n) is 18.6. The van der Waals surface area contributed by atoms with Crippen LogP contribution in [0.3, 0.4) is 0 Å². The van der Waals surface area contributed by atoms with E-state index in [-0.39, 0.29) is 17.1 Å². The summed E-state index contributed by atoms with van der Waals surface area (Å²) in [6, 6.07) is 12.9. The Bertz CT molecular complexity index is 1040. The molecule has 0 spiro atoms. The first-order chi connectivity index (χ1) is 14.7. The van der Waals surface area contributed by atoms with Crippen LogP contribution in [0, 0.1) is 0 Å². The van der Waals surface area contributed by atoms with Crippen LogP contribution in [0.25, 0.3) is 11.3 Å². The molecule has 0 aliphatic rings. The fraction of sp³-hybridized carbons (Fsp3) is 0.348. The Balaban J connectivity index is 1.71. The van der Waals surface area contributed by atoms with Crippen LogP contribution in [0.5, 0.6) is 17.2 Å². The average molecular weight is 425 g/mol. The van der Waals surface area contributed by atoms with Crippen LogP contribution < -0.4 is 19.5 Å². The Hall–Kier alpha value is -3.55. The molecule has 1 unspecified atom stereocenters. The van der Waals surface area contributed by atoms with E-state index in [1.54, 1.807) is 39.3 Å². The molecule has 3 aromatic rings. The summed E-state index contributed by atoms with van der Waals surface area (Å²) in [5.41, 5.74) is 2.25. The fourth-order valence-electron chi connectivity index (χ4n) is 2.95. The Labute approximate surface area is 181 Å². The lowest BCUT2D eigenvalue weighted by Gasteiger charge is -2.20. The monoisotopic (exact) mass is 425 g/mol. The normalized spacial score (nSPS) is 12.2. The molecule has 3 rings (SSSR count). The predicted molar refractivity (Wildman–Crippen MR) is 117 cm³/mol. The van der Waals surface area contributed by atoms with Gasteiger partial charge in [0.15, 0.2) is 23.3 Å². The van der Waals surface area contributed by atoms with Crippen molar-refractivity contribution in [3.8, 4) is 28.5 Å². The Morgan fingerprint density at radius 2 is 1.68 bits per heavy atom. The van der Waals surface area contributed by atoms with Gasteiger partial charge in [0.05, 0.1) is 14.2 Å². The molecular weight excluding hydrogens is 398 g/mol. The molecule has 8 nitrogen and oxygen atoms in total. The minimum atomic E-state index is -0.754. The zero-order chi connectivity index (χ0) is 22.6. The van der Waals surface area contributed by atoms with Crippen molar-refractivity contribution in [2.24, 2.45) is 0 Å². The Morgan fingerprint density at radius 1 is 1.00 bits per heavy atom. The number of rotatable bonds is 7. The Morgan fingerprint density at radius 3 is 2.29 bits per heavy atom. The molecule has 31 heavy (non-hydrogen) atoms. The summed E-state index contributed by atoms with van der Waals surface area (Å²) in [5, 5.41) is 10.4. The number of aromatic nitrogens is 2. The fourth-order valence-corrected chi connectivity index (χ4v) is 2.95. The quantitative estimate of drug-likeness (QED) is 0.597. The molecule has 0 bridgehead atoms. The van der Waals surface area contributed by atoms with Crippen LogP contribution in [-0.4, -0.2) is 36.5 Å². The third kappa shape index (κ3) is 5.14. The van der Waals surface area contributed by atoms with Gasteiger partial charge in [-0.05, 0) is 58.5 Å². The van der Waals surface area contributed by atoms with Crippen molar-refractivity contribution >= 4 is 11.7 Å². The second kappa shape index (κ2) is 9.07. The van der Waals surface area contributed by atoms with E-state index in [2.05, 4.69) is 36.4 Å². The van der Waals surface area contributed by atoms with Crippen molar-refractivity contribution in [1.29, 1.82) is 0 Å². The molecule has 164 valence electrons. The van der Waals surface area contributed by atoms with Crippen LogP contribution in [-0.2, 0) is 10.2 Å². The lowest BCUT2D eigenvalue weighted by atomic mass is 9.87. The van der Waals surface area contributed by atoms with Crippen LogP contribution in [0.2, 0.25) is 0 Å². The summed E-state index contributed by atoms with van der Waals surface area (Å²) >= 11 is 0. The molecule has 1 N–H and O–H groups in total. The number of ether oxygens (including phenoxy) is 3. The molecule has 8 heteroatoms. The van der Waals surface area contributed by atoms with E-state index in [0.29, 0.717) is 28.5 Å². The number of nitrogens with zero attached hydrogens (tertiary/aromatic N) is 2. The predicted octanol–water partition coefficient (Wildman–Crippen LogP) is 4.46. The van der Waals surface area contributed by atoms with E-state index >= 15 is 0 Å². The van der Waals surface area contributed by atoms with Gasteiger partial charge >= 0.3 is 0 Å². The molecule has 0 saturated carbocycles. The highest BCUT2D eigenvalue weighted by Gasteiger charge is 2.21. The number of methoxy groups -OCH3 is 2. The van der Waals surface area contributed by atoms with Gasteiger partial charge in [0, 0.05) is 5.56 Å². The molecule has 0 aliphatic carbocycles. The van der Waals surface area contributed by atoms with Crippen molar-refractivity contribution in [2.45, 2.75) is 39.2 Å². The van der Waals surface area contributed by atoms with Crippen molar-refractivity contribution in [2.75, 3.05) is 19.5 Å². The number of carbonyl (C=O) groups excluding carboxylic acids is 1. The topological polar surface area (TPSA) is 95.7 Å². The van der Waals surface area contributed by atoms with E-state index in [1.807, 2.05) is 24.3 Å². The van der Waals surface area contributed by atoms with Gasteiger partial charge in [-0.2, -0.15) is 0 Å². The van der Waals surface area contributed by atoms with Gasteiger partial charge in [-0.25, -0.2) is 4.63 Å². The van der Waals surface area contributed by atoms with Crippen LogP contribution in [0.4, 0.5) is 5.82 Å². The number of amides is 1. The molecule has 0 saturated heterocycles. The van der Waals surface area contributed by atoms with Gasteiger partial charge in [0.2, 0.25) is 5.82 Å². The van der Waals surface area contributed by atoms with Crippen LogP contribution in [0.1, 0.15) is 33.3 Å². The molecule has 2 aromatic carbocycles. The van der Waals surface area contributed by atoms with Gasteiger partial charge in [0.1, 0.15) is 5.75 Å². The highest BCUT2D eigenvalue weighted by molar-refractivity contribution is 5.96. The summed E-state index contributed by atoms with van der Waals surface area (Å²) in [4.78, 5) is 12.7. The Kier molecular flexibility index (Phi) is 6.48. The van der Waals surface area contributed by atoms with E-state index in [1.165, 1.54) is 5.56 Å². The number of hydrogen-bond acceptors (Lipinski definition) is 7. The SMILES string of the molecule is COc1ccc(-c2nonc2NC(=O)C(C)Oc2ccc(C(C)(C)C)cc2)cc1OC. The minimum Gasteiger partial charge on any atom is -0.493 e. The smallest absolute Gasteiger partial charge is 0.266 e. The molecular formula is C23H27N3O5. The third-order valence-corrected chi connectivity index (χ3v) is 4.79. The van der Waals surface area contributed by atoms with E-state index in [0.717, 1.165) is 0 Å². The lowest BCUT2D eigenvalue weighted by molar-refractivity contribution is -0.122. The van der Waals surface area contributed by atoms with Gasteiger partial charge in [0.25, 0.3) is 5.91 Å². The first kappa shape index (κ1) is 22.1.